The summed E-state index contributed by atoms with van der Waals surface area (Å²) in [5, 5.41) is 9.63. The van der Waals surface area contributed by atoms with Gasteiger partial charge in [-0.3, -0.25) is 9.59 Å². The Labute approximate surface area is 199 Å². The van der Waals surface area contributed by atoms with E-state index >= 15 is 0 Å². The molecule has 0 aliphatic carbocycles. The Bertz CT molecular complexity index is 1360. The first-order valence-electron chi connectivity index (χ1n) is 9.36. The van der Waals surface area contributed by atoms with Crippen LogP contribution in [0.5, 0.6) is 0 Å². The minimum absolute atomic E-state index is 0.0509. The van der Waals surface area contributed by atoms with Crippen molar-refractivity contribution in [3.63, 3.8) is 0 Å². The molecule has 2 heterocycles. The summed E-state index contributed by atoms with van der Waals surface area (Å²) < 4.78 is 40.2. The number of alkyl halides is 3. The van der Waals surface area contributed by atoms with E-state index in [4.69, 9.17) is 23.2 Å². The number of fused-ring (bicyclic) bond motifs is 1. The van der Waals surface area contributed by atoms with E-state index in [1.165, 1.54) is 17.0 Å². The van der Waals surface area contributed by atoms with Gasteiger partial charge < -0.3 is 9.88 Å². The van der Waals surface area contributed by atoms with Gasteiger partial charge in [0.25, 0.3) is 11.5 Å². The lowest BCUT2D eigenvalue weighted by Crippen LogP contribution is -2.33. The van der Waals surface area contributed by atoms with Crippen molar-refractivity contribution in [2.75, 3.05) is 0 Å². The molecule has 11 heteroatoms. The molecule has 0 unspecified atom stereocenters. The van der Waals surface area contributed by atoms with Gasteiger partial charge in [0.1, 0.15) is 11.3 Å². The van der Waals surface area contributed by atoms with Crippen molar-refractivity contribution >= 4 is 40.9 Å². The summed E-state index contributed by atoms with van der Waals surface area (Å²) in [6.45, 7) is 0.163. The molecule has 0 atom stereocenters. The van der Waals surface area contributed by atoms with Gasteiger partial charge in [-0.15, -0.1) is 0 Å². The number of H-pyrrole nitrogens is 1. The molecule has 0 saturated carbocycles. The zero-order valence-electron chi connectivity index (χ0n) is 16.5. The first-order chi connectivity index (χ1) is 15.6. The van der Waals surface area contributed by atoms with Crippen LogP contribution in [-0.2, 0) is 19.3 Å². The molecular weight excluding hydrogens is 498 g/mol. The van der Waals surface area contributed by atoms with E-state index in [0.29, 0.717) is 29.0 Å². The number of aromatic nitrogens is 1. The summed E-state index contributed by atoms with van der Waals surface area (Å²) in [4.78, 5) is 29.1. The van der Waals surface area contributed by atoms with Crippen LogP contribution in [0, 0.1) is 11.3 Å². The van der Waals surface area contributed by atoms with E-state index in [1.54, 1.807) is 29.2 Å². The van der Waals surface area contributed by atoms with Gasteiger partial charge in [0.2, 0.25) is 0 Å². The molecule has 1 aromatic heterocycles. The van der Waals surface area contributed by atoms with Crippen LogP contribution in [0.2, 0.25) is 10.0 Å². The summed E-state index contributed by atoms with van der Waals surface area (Å²) in [6, 6.07) is 12.3. The van der Waals surface area contributed by atoms with Gasteiger partial charge in [0.05, 0.1) is 21.7 Å². The average Bonchev–Trinajstić information content (AvgIpc) is 3.19. The van der Waals surface area contributed by atoms with Gasteiger partial charge in [-0.25, -0.2) is 0 Å². The van der Waals surface area contributed by atoms with Crippen LogP contribution in [0.4, 0.5) is 13.2 Å². The Hall–Kier alpha value is -2.93. The molecule has 3 aromatic rings. The zero-order chi connectivity index (χ0) is 23.9. The van der Waals surface area contributed by atoms with Gasteiger partial charge in [0, 0.05) is 22.9 Å². The van der Waals surface area contributed by atoms with Crippen LogP contribution < -0.4 is 5.56 Å². The topological polar surface area (TPSA) is 77.0 Å². The molecule has 1 N–H and O–H groups in total. The van der Waals surface area contributed by atoms with Crippen LogP contribution in [0.15, 0.2) is 57.1 Å². The number of halogens is 5. The Morgan fingerprint density at radius 3 is 2.42 bits per heavy atom. The van der Waals surface area contributed by atoms with Crippen molar-refractivity contribution < 1.29 is 18.0 Å². The fraction of sp³-hybridized carbons (Fsp3) is 0.136. The third kappa shape index (κ3) is 4.47. The molecule has 0 radical (unpaired) electrons. The van der Waals surface area contributed by atoms with E-state index in [2.05, 4.69) is 6.07 Å². The highest BCUT2D eigenvalue weighted by Crippen LogP contribution is 2.41. The van der Waals surface area contributed by atoms with Crippen molar-refractivity contribution in [2.24, 2.45) is 0 Å². The molecule has 168 valence electrons. The molecule has 2 aromatic carbocycles. The van der Waals surface area contributed by atoms with E-state index in [1.807, 2.05) is 0 Å². The number of hydrogen-bond donors (Lipinski definition) is 1. The maximum Gasteiger partial charge on any atom is 0.431 e. The van der Waals surface area contributed by atoms with E-state index in [-0.39, 0.29) is 32.9 Å². The van der Waals surface area contributed by atoms with Crippen LogP contribution >= 0.6 is 35.0 Å². The molecule has 1 aliphatic heterocycles. The molecular formula is C22H12Cl2F3N3O2S. The molecule has 5 nitrogen and oxygen atoms in total. The quantitative estimate of drug-likeness (QED) is 0.478. The highest BCUT2D eigenvalue weighted by atomic mass is 35.5. The third-order valence-electron chi connectivity index (χ3n) is 5.04. The van der Waals surface area contributed by atoms with Gasteiger partial charge >= 0.3 is 6.18 Å². The molecule has 0 bridgehead atoms. The fourth-order valence-electron chi connectivity index (χ4n) is 3.49. The molecule has 1 aliphatic rings. The third-order valence-corrected chi connectivity index (χ3v) is 7.08. The summed E-state index contributed by atoms with van der Waals surface area (Å²) in [5.41, 5.74) is -1.19. The number of aromatic amines is 1. The number of benzene rings is 2. The summed E-state index contributed by atoms with van der Waals surface area (Å²) in [5.74, 6) is -0.768. The first kappa shape index (κ1) is 23.2. The number of carbonyl (C=O) groups is 1. The van der Waals surface area contributed by atoms with Crippen molar-refractivity contribution in [2.45, 2.75) is 29.1 Å². The van der Waals surface area contributed by atoms with Crippen LogP contribution in [0.25, 0.3) is 0 Å². The minimum atomic E-state index is -4.84. The van der Waals surface area contributed by atoms with Gasteiger partial charge in [-0.1, -0.05) is 53.2 Å². The Morgan fingerprint density at radius 1 is 1.12 bits per heavy atom. The van der Waals surface area contributed by atoms with Gasteiger partial charge in [-0.2, -0.15) is 18.4 Å². The monoisotopic (exact) mass is 509 g/mol. The molecule has 0 spiro atoms. The lowest BCUT2D eigenvalue weighted by atomic mass is 10.1. The molecule has 1 amide bonds. The lowest BCUT2D eigenvalue weighted by Gasteiger charge is -2.19. The molecule has 0 fully saturated rings. The van der Waals surface area contributed by atoms with E-state index in [0.717, 1.165) is 5.56 Å². The van der Waals surface area contributed by atoms with Crippen LogP contribution in [-0.4, -0.2) is 15.8 Å². The number of nitrogens with zero attached hydrogens (tertiary/aromatic N) is 2. The second-order valence-corrected chi connectivity index (χ2v) is 8.98. The lowest BCUT2D eigenvalue weighted by molar-refractivity contribution is -0.141. The molecule has 4 rings (SSSR count). The molecule has 0 saturated heterocycles. The van der Waals surface area contributed by atoms with Crippen LogP contribution in [0.3, 0.4) is 0 Å². The van der Waals surface area contributed by atoms with Crippen molar-refractivity contribution in [3.05, 3.63) is 90.8 Å². The Morgan fingerprint density at radius 2 is 1.79 bits per heavy atom. The fourth-order valence-corrected chi connectivity index (χ4v) is 5.13. The summed E-state index contributed by atoms with van der Waals surface area (Å²) in [7, 11) is 0. The van der Waals surface area contributed by atoms with E-state index in [9.17, 15) is 28.0 Å². The van der Waals surface area contributed by atoms with E-state index < -0.39 is 28.9 Å². The largest absolute Gasteiger partial charge is 0.431 e. The Kier molecular flexibility index (Phi) is 6.18. The maximum atomic E-state index is 13.4. The Balaban J connectivity index is 1.80. The average molecular weight is 510 g/mol. The van der Waals surface area contributed by atoms with Crippen molar-refractivity contribution in [1.29, 1.82) is 5.26 Å². The second-order valence-electron chi connectivity index (χ2n) is 7.12. The second kappa shape index (κ2) is 8.78. The first-order valence-corrected chi connectivity index (χ1v) is 10.9. The smallest absolute Gasteiger partial charge is 0.330 e. The number of carbonyl (C=O) groups excluding carboxylic acids is 1. The van der Waals surface area contributed by atoms with Crippen molar-refractivity contribution in [3.8, 4) is 6.07 Å². The highest BCUT2D eigenvalue weighted by molar-refractivity contribution is 7.99. The van der Waals surface area contributed by atoms with Gasteiger partial charge in [0.15, 0.2) is 0 Å². The normalized spacial score (nSPS) is 13.0. The predicted molar refractivity (Wildman–Crippen MR) is 117 cm³/mol. The maximum absolute atomic E-state index is 13.4. The number of pyridine rings is 1. The van der Waals surface area contributed by atoms with Crippen molar-refractivity contribution in [1.82, 2.24) is 9.88 Å². The number of amides is 1. The minimum Gasteiger partial charge on any atom is -0.330 e. The number of nitriles is 1. The predicted octanol–water partition coefficient (Wildman–Crippen LogP) is 5.88. The number of nitrogens with one attached hydrogen (secondary N) is 1. The SMILES string of the molecule is N#Cc1cccc2c1CN(C(=O)c1c(Sc3c(Cl)cccc3Cl)cc(C(F)(F)F)[nH]c1=O)C2. The van der Waals surface area contributed by atoms with Crippen LogP contribution in [0.1, 0.15) is 32.7 Å². The number of rotatable bonds is 3. The van der Waals surface area contributed by atoms with Gasteiger partial charge in [-0.05, 0) is 35.4 Å². The summed E-state index contributed by atoms with van der Waals surface area (Å²) >= 11 is 13.0. The highest BCUT2D eigenvalue weighted by Gasteiger charge is 2.36. The zero-order valence-corrected chi connectivity index (χ0v) is 18.8. The summed E-state index contributed by atoms with van der Waals surface area (Å²) in [6.07, 6.45) is -4.84. The standard InChI is InChI=1S/C22H12Cl2F3N3O2S/c23-14-5-2-6-15(24)19(14)33-16-7-17(22(25,26)27)29-20(31)18(16)21(32)30-9-12-4-1-3-11(8-28)13(12)10-30/h1-7H,9-10H2,(H,29,31). The number of hydrogen-bond acceptors (Lipinski definition) is 4. The molecule has 33 heavy (non-hydrogen) atoms.